The number of unbranched alkanes of at least 4 members (excludes halogenated alkanes) is 2. The zero-order valence-corrected chi connectivity index (χ0v) is 18.6. The second kappa shape index (κ2) is 11.9. The Morgan fingerprint density at radius 3 is 2.00 bits per heavy atom. The van der Waals surface area contributed by atoms with E-state index in [1.54, 1.807) is 12.1 Å². The molecule has 0 bridgehead atoms. The summed E-state index contributed by atoms with van der Waals surface area (Å²) in [6, 6.07) is 24.7. The van der Waals surface area contributed by atoms with Gasteiger partial charge in [0.05, 0.1) is 12.2 Å². The van der Waals surface area contributed by atoms with Crippen LogP contribution in [0.1, 0.15) is 56.3 Å². The lowest BCUT2D eigenvalue weighted by Gasteiger charge is -2.09. The molecule has 162 valence electrons. The maximum absolute atomic E-state index is 12.2. The van der Waals surface area contributed by atoms with Crippen LogP contribution in [0.5, 0.6) is 11.5 Å². The summed E-state index contributed by atoms with van der Waals surface area (Å²) >= 11 is 0. The van der Waals surface area contributed by atoms with Crippen LogP contribution in [-0.2, 0) is 0 Å². The molecule has 0 amide bonds. The highest BCUT2D eigenvalue weighted by molar-refractivity contribution is 5.91. The van der Waals surface area contributed by atoms with E-state index in [0.717, 1.165) is 35.8 Å². The highest BCUT2D eigenvalue weighted by atomic mass is 16.5. The van der Waals surface area contributed by atoms with E-state index in [0.29, 0.717) is 11.3 Å². The number of carbonyl (C=O) groups excluding carboxylic acids is 1. The molecular formula is C28H32O3. The lowest BCUT2D eigenvalue weighted by molar-refractivity contribution is 0.0735. The molecule has 0 radical (unpaired) electrons. The van der Waals surface area contributed by atoms with Crippen LogP contribution in [-0.4, -0.2) is 12.6 Å². The van der Waals surface area contributed by atoms with Gasteiger partial charge in [-0.15, -0.1) is 0 Å². The molecule has 0 fully saturated rings. The molecule has 0 aromatic heterocycles. The number of ether oxygens (including phenoxy) is 2. The van der Waals surface area contributed by atoms with E-state index in [9.17, 15) is 4.79 Å². The number of carbonyl (C=O) groups is 1. The first-order chi connectivity index (χ1) is 15.2. The van der Waals surface area contributed by atoms with E-state index in [2.05, 4.69) is 26.0 Å². The predicted octanol–water partition coefficient (Wildman–Crippen LogP) is 7.56. The van der Waals surface area contributed by atoms with E-state index in [1.165, 1.54) is 25.7 Å². The summed E-state index contributed by atoms with van der Waals surface area (Å²) in [5.74, 6) is 1.91. The fourth-order valence-corrected chi connectivity index (χ4v) is 3.37. The predicted molar refractivity (Wildman–Crippen MR) is 127 cm³/mol. The van der Waals surface area contributed by atoms with E-state index in [4.69, 9.17) is 9.47 Å². The van der Waals surface area contributed by atoms with Gasteiger partial charge in [-0.1, -0.05) is 82.0 Å². The standard InChI is InChI=1S/C28H32O3/c1-3-22(2)10-6-5-9-21-30-26-17-13-23(14-18-26)24-15-19-27(20-16-24)31-28(29)25-11-7-4-8-12-25/h4,7-8,11-20,22H,3,5-6,9-10,21H2,1-2H3. The van der Waals surface area contributed by atoms with Gasteiger partial charge in [0.15, 0.2) is 0 Å². The minimum absolute atomic E-state index is 0.352. The van der Waals surface area contributed by atoms with Crippen LogP contribution in [0.2, 0.25) is 0 Å². The number of benzene rings is 3. The van der Waals surface area contributed by atoms with Gasteiger partial charge < -0.3 is 9.47 Å². The van der Waals surface area contributed by atoms with Crippen LogP contribution in [0, 0.1) is 5.92 Å². The van der Waals surface area contributed by atoms with Gasteiger partial charge in [-0.25, -0.2) is 4.79 Å². The molecule has 1 unspecified atom stereocenters. The van der Waals surface area contributed by atoms with Gasteiger partial charge in [0.2, 0.25) is 0 Å². The smallest absolute Gasteiger partial charge is 0.343 e. The molecule has 3 aromatic carbocycles. The third-order valence-corrected chi connectivity index (χ3v) is 5.57. The number of esters is 1. The minimum Gasteiger partial charge on any atom is -0.494 e. The zero-order chi connectivity index (χ0) is 21.9. The number of hydrogen-bond donors (Lipinski definition) is 0. The second-order valence-corrected chi connectivity index (χ2v) is 8.02. The summed E-state index contributed by atoms with van der Waals surface area (Å²) < 4.78 is 11.3. The first-order valence-corrected chi connectivity index (χ1v) is 11.3. The summed E-state index contributed by atoms with van der Waals surface area (Å²) in [6.07, 6.45) is 6.19. The first-order valence-electron chi connectivity index (χ1n) is 11.3. The summed E-state index contributed by atoms with van der Waals surface area (Å²) in [4.78, 5) is 12.2. The molecule has 0 N–H and O–H groups in total. The Morgan fingerprint density at radius 1 is 0.774 bits per heavy atom. The van der Waals surface area contributed by atoms with Gasteiger partial charge in [0, 0.05) is 0 Å². The first kappa shape index (κ1) is 22.6. The van der Waals surface area contributed by atoms with Crippen LogP contribution in [0.15, 0.2) is 78.9 Å². The molecule has 3 rings (SSSR count). The second-order valence-electron chi connectivity index (χ2n) is 8.02. The monoisotopic (exact) mass is 416 g/mol. The van der Waals surface area contributed by atoms with Crippen molar-refractivity contribution in [3.05, 3.63) is 84.4 Å². The quantitative estimate of drug-likeness (QED) is 0.184. The van der Waals surface area contributed by atoms with Crippen molar-refractivity contribution in [2.24, 2.45) is 5.92 Å². The molecule has 0 aliphatic heterocycles. The van der Waals surface area contributed by atoms with Crippen molar-refractivity contribution < 1.29 is 14.3 Å². The van der Waals surface area contributed by atoms with Crippen LogP contribution >= 0.6 is 0 Å². The summed E-state index contributed by atoms with van der Waals surface area (Å²) in [5.41, 5.74) is 2.70. The van der Waals surface area contributed by atoms with Crippen LogP contribution in [0.4, 0.5) is 0 Å². The maximum atomic E-state index is 12.2. The molecule has 0 aliphatic carbocycles. The molecule has 0 aliphatic rings. The van der Waals surface area contributed by atoms with Gasteiger partial charge in [-0.05, 0) is 59.9 Å². The van der Waals surface area contributed by atoms with E-state index in [1.807, 2.05) is 54.6 Å². The van der Waals surface area contributed by atoms with E-state index >= 15 is 0 Å². The summed E-state index contributed by atoms with van der Waals surface area (Å²) in [5, 5.41) is 0. The Morgan fingerprint density at radius 2 is 1.39 bits per heavy atom. The normalized spacial score (nSPS) is 11.7. The highest BCUT2D eigenvalue weighted by Crippen LogP contribution is 2.25. The van der Waals surface area contributed by atoms with Gasteiger partial charge in [0.1, 0.15) is 11.5 Å². The summed E-state index contributed by atoms with van der Waals surface area (Å²) in [7, 11) is 0. The van der Waals surface area contributed by atoms with Crippen LogP contribution < -0.4 is 9.47 Å². The molecule has 3 aromatic rings. The van der Waals surface area contributed by atoms with Crippen molar-refractivity contribution in [2.45, 2.75) is 46.0 Å². The van der Waals surface area contributed by atoms with Crippen LogP contribution in [0.3, 0.4) is 0 Å². The van der Waals surface area contributed by atoms with Crippen molar-refractivity contribution in [3.63, 3.8) is 0 Å². The van der Waals surface area contributed by atoms with E-state index < -0.39 is 0 Å². The minimum atomic E-state index is -0.352. The third-order valence-electron chi connectivity index (χ3n) is 5.57. The van der Waals surface area contributed by atoms with Crippen molar-refractivity contribution in [2.75, 3.05) is 6.61 Å². The average Bonchev–Trinajstić information content (AvgIpc) is 2.82. The Balaban J connectivity index is 1.45. The lowest BCUT2D eigenvalue weighted by atomic mass is 10.0. The molecule has 0 saturated heterocycles. The van der Waals surface area contributed by atoms with Crippen molar-refractivity contribution >= 4 is 5.97 Å². The van der Waals surface area contributed by atoms with Crippen molar-refractivity contribution in [1.82, 2.24) is 0 Å². The Bertz CT molecular complexity index is 915. The molecule has 0 saturated carbocycles. The van der Waals surface area contributed by atoms with Crippen molar-refractivity contribution in [3.8, 4) is 22.6 Å². The molecule has 0 heterocycles. The SMILES string of the molecule is CCC(C)CCCCCOc1ccc(-c2ccc(OC(=O)c3ccccc3)cc2)cc1. The number of hydrogen-bond acceptors (Lipinski definition) is 3. The van der Waals surface area contributed by atoms with Crippen LogP contribution in [0.25, 0.3) is 11.1 Å². The third kappa shape index (κ3) is 7.29. The van der Waals surface area contributed by atoms with E-state index in [-0.39, 0.29) is 5.97 Å². The van der Waals surface area contributed by atoms with Gasteiger partial charge in [-0.3, -0.25) is 0 Å². The molecular weight excluding hydrogens is 384 g/mol. The average molecular weight is 417 g/mol. The molecule has 3 heteroatoms. The van der Waals surface area contributed by atoms with Gasteiger partial charge >= 0.3 is 5.97 Å². The molecule has 3 nitrogen and oxygen atoms in total. The highest BCUT2D eigenvalue weighted by Gasteiger charge is 2.08. The largest absolute Gasteiger partial charge is 0.494 e. The topological polar surface area (TPSA) is 35.5 Å². The molecule has 1 atom stereocenters. The lowest BCUT2D eigenvalue weighted by Crippen LogP contribution is -2.07. The Kier molecular flexibility index (Phi) is 8.71. The van der Waals surface area contributed by atoms with Gasteiger partial charge in [0.25, 0.3) is 0 Å². The molecule has 31 heavy (non-hydrogen) atoms. The zero-order valence-electron chi connectivity index (χ0n) is 18.6. The summed E-state index contributed by atoms with van der Waals surface area (Å²) in [6.45, 7) is 5.34. The maximum Gasteiger partial charge on any atom is 0.343 e. The fourth-order valence-electron chi connectivity index (χ4n) is 3.37. The van der Waals surface area contributed by atoms with Crippen molar-refractivity contribution in [1.29, 1.82) is 0 Å². The van der Waals surface area contributed by atoms with Gasteiger partial charge in [-0.2, -0.15) is 0 Å². The Hall–Kier alpha value is -3.07. The number of rotatable bonds is 11. The molecule has 0 spiro atoms. The Labute approximate surface area is 186 Å². The fraction of sp³-hybridized carbons (Fsp3) is 0.321.